The van der Waals surface area contributed by atoms with E-state index in [-0.39, 0.29) is 5.54 Å². The number of benzene rings is 1. The number of likely N-dealkylation sites (N-methyl/N-ethyl adjacent to an activating group) is 1. The molecule has 1 aromatic rings. The van der Waals surface area contributed by atoms with Crippen molar-refractivity contribution in [1.82, 2.24) is 0 Å². The first kappa shape index (κ1) is 8.42. The summed E-state index contributed by atoms with van der Waals surface area (Å²) in [7, 11) is 2.15. The predicted octanol–water partition coefficient (Wildman–Crippen LogP) is 2.33. The second kappa shape index (κ2) is 2.66. The number of nitrogens with one attached hydrogen (secondary N) is 1. The van der Waals surface area contributed by atoms with E-state index >= 15 is 0 Å². The smallest absolute Gasteiger partial charge is 0.0604 e. The Hall–Kier alpha value is -1.18. The number of anilines is 2. The summed E-state index contributed by atoms with van der Waals surface area (Å²) in [5, 5.41) is 3.44. The Labute approximate surface area is 79.6 Å². The Morgan fingerprint density at radius 2 is 2.00 bits per heavy atom. The molecule has 0 aliphatic carbocycles. The Morgan fingerprint density at radius 3 is 2.77 bits per heavy atom. The van der Waals surface area contributed by atoms with Crippen LogP contribution in [0.4, 0.5) is 11.4 Å². The second-order valence-electron chi connectivity index (χ2n) is 4.24. The highest BCUT2D eigenvalue weighted by Crippen LogP contribution is 2.33. The van der Waals surface area contributed by atoms with E-state index in [0.717, 1.165) is 6.54 Å². The lowest BCUT2D eigenvalue weighted by Crippen LogP contribution is -2.49. The van der Waals surface area contributed by atoms with Gasteiger partial charge in [-0.15, -0.1) is 0 Å². The van der Waals surface area contributed by atoms with Gasteiger partial charge in [0, 0.05) is 13.6 Å². The van der Waals surface area contributed by atoms with Crippen LogP contribution in [-0.2, 0) is 0 Å². The van der Waals surface area contributed by atoms with Gasteiger partial charge in [0.05, 0.1) is 16.9 Å². The minimum Gasteiger partial charge on any atom is -0.381 e. The van der Waals surface area contributed by atoms with Gasteiger partial charge in [-0.05, 0) is 26.0 Å². The van der Waals surface area contributed by atoms with E-state index in [1.54, 1.807) is 0 Å². The molecule has 2 nitrogen and oxygen atoms in total. The highest BCUT2D eigenvalue weighted by atomic mass is 15.2. The molecule has 0 saturated heterocycles. The molecule has 1 aromatic carbocycles. The van der Waals surface area contributed by atoms with Crippen molar-refractivity contribution in [2.24, 2.45) is 0 Å². The van der Waals surface area contributed by atoms with Gasteiger partial charge in [0.15, 0.2) is 0 Å². The third-order valence-corrected chi connectivity index (χ3v) is 2.88. The maximum Gasteiger partial charge on any atom is 0.0604 e. The van der Waals surface area contributed by atoms with Gasteiger partial charge in [-0.3, -0.25) is 0 Å². The third-order valence-electron chi connectivity index (χ3n) is 2.88. The van der Waals surface area contributed by atoms with Crippen LogP contribution in [0.1, 0.15) is 13.8 Å². The minimum atomic E-state index is 0.203. The van der Waals surface area contributed by atoms with Gasteiger partial charge >= 0.3 is 0 Å². The molecule has 0 amide bonds. The molecule has 1 heterocycles. The van der Waals surface area contributed by atoms with E-state index in [0.29, 0.717) is 0 Å². The third kappa shape index (κ3) is 1.26. The summed E-state index contributed by atoms with van der Waals surface area (Å²) < 4.78 is 0. The van der Waals surface area contributed by atoms with Gasteiger partial charge in [0.1, 0.15) is 0 Å². The van der Waals surface area contributed by atoms with Gasteiger partial charge in [0.2, 0.25) is 0 Å². The summed E-state index contributed by atoms with van der Waals surface area (Å²) >= 11 is 0. The van der Waals surface area contributed by atoms with Crippen LogP contribution in [0.15, 0.2) is 24.3 Å². The van der Waals surface area contributed by atoms with E-state index in [2.05, 4.69) is 55.4 Å². The Morgan fingerprint density at radius 1 is 1.31 bits per heavy atom. The summed E-state index contributed by atoms with van der Waals surface area (Å²) in [4.78, 5) is 2.33. The largest absolute Gasteiger partial charge is 0.381 e. The molecule has 0 saturated carbocycles. The van der Waals surface area contributed by atoms with Gasteiger partial charge in [-0.25, -0.2) is 0 Å². The van der Waals surface area contributed by atoms with Crippen LogP contribution in [0.2, 0.25) is 0 Å². The van der Waals surface area contributed by atoms with Crippen molar-refractivity contribution >= 4 is 11.4 Å². The number of hydrogen-bond donors (Lipinski definition) is 1. The fourth-order valence-corrected chi connectivity index (χ4v) is 1.67. The van der Waals surface area contributed by atoms with Gasteiger partial charge in [0.25, 0.3) is 0 Å². The Kier molecular flexibility index (Phi) is 1.72. The lowest BCUT2D eigenvalue weighted by atomic mass is 9.99. The van der Waals surface area contributed by atoms with Crippen LogP contribution in [0, 0.1) is 0 Å². The van der Waals surface area contributed by atoms with Crippen LogP contribution in [0.3, 0.4) is 0 Å². The van der Waals surface area contributed by atoms with Crippen molar-refractivity contribution in [1.29, 1.82) is 0 Å². The van der Waals surface area contributed by atoms with E-state index < -0.39 is 0 Å². The van der Waals surface area contributed by atoms with Crippen molar-refractivity contribution in [3.8, 4) is 0 Å². The highest BCUT2D eigenvalue weighted by molar-refractivity contribution is 5.73. The molecule has 0 unspecified atom stereocenters. The minimum absolute atomic E-state index is 0.203. The summed E-state index contributed by atoms with van der Waals surface area (Å²) in [6.45, 7) is 5.49. The molecule has 1 aliphatic heterocycles. The molecule has 0 atom stereocenters. The van der Waals surface area contributed by atoms with Crippen LogP contribution < -0.4 is 10.2 Å². The first-order chi connectivity index (χ1) is 6.11. The normalized spacial score (nSPS) is 19.2. The maximum absolute atomic E-state index is 3.44. The van der Waals surface area contributed by atoms with E-state index in [1.807, 2.05) is 0 Å². The van der Waals surface area contributed by atoms with Crippen molar-refractivity contribution in [2.75, 3.05) is 23.8 Å². The van der Waals surface area contributed by atoms with Crippen LogP contribution in [-0.4, -0.2) is 19.1 Å². The molecule has 0 aromatic heterocycles. The lowest BCUT2D eigenvalue weighted by molar-refractivity contribution is 0.503. The Bertz CT molecular complexity index is 318. The van der Waals surface area contributed by atoms with Crippen molar-refractivity contribution in [3.05, 3.63) is 24.3 Å². The Balaban J connectivity index is 2.45. The quantitative estimate of drug-likeness (QED) is 0.652. The number of nitrogens with zero attached hydrogens (tertiary/aromatic N) is 1. The predicted molar refractivity (Wildman–Crippen MR) is 57.4 cm³/mol. The van der Waals surface area contributed by atoms with Crippen molar-refractivity contribution in [2.45, 2.75) is 19.4 Å². The van der Waals surface area contributed by atoms with E-state index in [4.69, 9.17) is 0 Å². The molecule has 70 valence electrons. The number of fused-ring (bicyclic) bond motifs is 1. The zero-order chi connectivity index (χ0) is 9.47. The number of hydrogen-bond acceptors (Lipinski definition) is 2. The topological polar surface area (TPSA) is 15.3 Å². The molecule has 2 rings (SSSR count). The molecular formula is C11H16N2. The average molecular weight is 176 g/mol. The fourth-order valence-electron chi connectivity index (χ4n) is 1.67. The molecule has 2 heteroatoms. The van der Waals surface area contributed by atoms with Crippen LogP contribution in [0.5, 0.6) is 0 Å². The molecule has 13 heavy (non-hydrogen) atoms. The standard InChI is InChI=1S/C11H16N2/c1-11(2)8-12-9-6-4-5-7-10(9)13(11)3/h4-7,12H,8H2,1-3H3. The number of rotatable bonds is 0. The van der Waals surface area contributed by atoms with Gasteiger partial charge in [-0.2, -0.15) is 0 Å². The van der Waals surface area contributed by atoms with Gasteiger partial charge < -0.3 is 10.2 Å². The number of para-hydroxylation sites is 2. The molecule has 1 aliphatic rings. The fraction of sp³-hybridized carbons (Fsp3) is 0.455. The molecule has 0 spiro atoms. The maximum atomic E-state index is 3.44. The monoisotopic (exact) mass is 176 g/mol. The highest BCUT2D eigenvalue weighted by Gasteiger charge is 2.29. The molecule has 0 bridgehead atoms. The van der Waals surface area contributed by atoms with E-state index in [1.165, 1.54) is 11.4 Å². The first-order valence-electron chi connectivity index (χ1n) is 4.68. The molecule has 0 fully saturated rings. The summed E-state index contributed by atoms with van der Waals surface area (Å²) in [6.07, 6.45) is 0. The SMILES string of the molecule is CN1c2ccccc2NCC1(C)C. The molecular weight excluding hydrogens is 160 g/mol. The van der Waals surface area contributed by atoms with Gasteiger partial charge in [-0.1, -0.05) is 12.1 Å². The van der Waals surface area contributed by atoms with Crippen LogP contribution in [0.25, 0.3) is 0 Å². The van der Waals surface area contributed by atoms with Crippen LogP contribution >= 0.6 is 0 Å². The zero-order valence-electron chi connectivity index (χ0n) is 8.46. The summed E-state index contributed by atoms with van der Waals surface area (Å²) in [5.74, 6) is 0. The zero-order valence-corrected chi connectivity index (χ0v) is 8.46. The second-order valence-corrected chi connectivity index (χ2v) is 4.24. The lowest BCUT2D eigenvalue weighted by Gasteiger charge is -2.43. The van der Waals surface area contributed by atoms with Crippen molar-refractivity contribution < 1.29 is 0 Å². The molecule has 1 N–H and O–H groups in total. The first-order valence-corrected chi connectivity index (χ1v) is 4.68. The average Bonchev–Trinajstić information content (AvgIpc) is 2.13. The summed E-state index contributed by atoms with van der Waals surface area (Å²) in [5.41, 5.74) is 2.73. The summed E-state index contributed by atoms with van der Waals surface area (Å²) in [6, 6.07) is 8.43. The van der Waals surface area contributed by atoms with E-state index in [9.17, 15) is 0 Å². The molecule has 0 radical (unpaired) electrons. The van der Waals surface area contributed by atoms with Crippen molar-refractivity contribution in [3.63, 3.8) is 0 Å².